The minimum atomic E-state index is 0.265. The second-order valence-electron chi connectivity index (χ2n) is 8.83. The van der Waals surface area contributed by atoms with Gasteiger partial charge in [-0.25, -0.2) is 0 Å². The normalized spacial score (nSPS) is 25.3. The Labute approximate surface area is 162 Å². The van der Waals surface area contributed by atoms with Crippen LogP contribution in [-0.2, 0) is 19.5 Å². The van der Waals surface area contributed by atoms with Gasteiger partial charge in [-0.3, -0.25) is 9.88 Å². The fourth-order valence-electron chi connectivity index (χ4n) is 4.56. The largest absolute Gasteiger partial charge is 0.360 e. The third-order valence-corrected chi connectivity index (χ3v) is 6.62. The first-order valence-electron chi connectivity index (χ1n) is 10.4. The van der Waals surface area contributed by atoms with E-state index < -0.39 is 0 Å². The number of pyridine rings is 1. The Morgan fingerprint density at radius 1 is 1.19 bits per heavy atom. The summed E-state index contributed by atoms with van der Waals surface area (Å²) in [6, 6.07) is 8.80. The summed E-state index contributed by atoms with van der Waals surface area (Å²) in [4.78, 5) is 6.89. The van der Waals surface area contributed by atoms with E-state index in [4.69, 9.17) is 4.52 Å². The topological polar surface area (TPSA) is 54.2 Å². The van der Waals surface area contributed by atoms with Gasteiger partial charge >= 0.3 is 0 Å². The Kier molecular flexibility index (Phi) is 5.60. The molecular weight excluding hydrogens is 336 g/mol. The molecule has 5 heteroatoms. The third-order valence-electron chi connectivity index (χ3n) is 6.62. The standard InChI is InChI=1S/C22H32N4O/c1-22(2)17(13-21(22)24-15-18-8-4-5-9-23-18)12-19-14-20(27-25-19)16-26-10-6-3-7-11-26/h4-5,8-9,14,17,21,24H,3,6-7,10-13,15-16H2,1-2H3/t17-,21+/m1/s1. The van der Waals surface area contributed by atoms with E-state index in [1.807, 2.05) is 18.3 Å². The molecule has 1 saturated heterocycles. The van der Waals surface area contributed by atoms with E-state index in [-0.39, 0.29) is 5.41 Å². The number of aromatic nitrogens is 2. The van der Waals surface area contributed by atoms with Crippen LogP contribution in [0.4, 0.5) is 0 Å². The molecule has 1 aliphatic carbocycles. The Bertz CT molecular complexity index is 721. The molecule has 0 amide bonds. The molecule has 3 heterocycles. The number of nitrogens with one attached hydrogen (secondary N) is 1. The van der Waals surface area contributed by atoms with Crippen molar-refractivity contribution in [1.29, 1.82) is 0 Å². The second-order valence-corrected chi connectivity index (χ2v) is 8.83. The molecule has 2 aromatic rings. The van der Waals surface area contributed by atoms with Crippen molar-refractivity contribution in [3.8, 4) is 0 Å². The van der Waals surface area contributed by atoms with Crippen LogP contribution in [0.5, 0.6) is 0 Å². The monoisotopic (exact) mass is 368 g/mol. The smallest absolute Gasteiger partial charge is 0.150 e. The molecule has 146 valence electrons. The van der Waals surface area contributed by atoms with Crippen molar-refractivity contribution in [1.82, 2.24) is 20.4 Å². The van der Waals surface area contributed by atoms with Gasteiger partial charge in [0.05, 0.1) is 17.9 Å². The van der Waals surface area contributed by atoms with Gasteiger partial charge in [-0.15, -0.1) is 0 Å². The molecule has 0 unspecified atom stereocenters. The fraction of sp³-hybridized carbons (Fsp3) is 0.636. The predicted molar refractivity (Wildman–Crippen MR) is 106 cm³/mol. The van der Waals surface area contributed by atoms with E-state index in [0.29, 0.717) is 12.0 Å². The molecule has 0 radical (unpaired) electrons. The molecule has 2 aliphatic rings. The lowest BCUT2D eigenvalue weighted by Crippen LogP contribution is -2.57. The van der Waals surface area contributed by atoms with Gasteiger partial charge in [-0.1, -0.05) is 31.5 Å². The molecule has 1 N–H and O–H groups in total. The number of rotatable bonds is 7. The van der Waals surface area contributed by atoms with Gasteiger partial charge in [-0.2, -0.15) is 0 Å². The quantitative estimate of drug-likeness (QED) is 0.805. The highest BCUT2D eigenvalue weighted by Crippen LogP contribution is 2.47. The summed E-state index contributed by atoms with van der Waals surface area (Å²) >= 11 is 0. The number of nitrogens with zero attached hydrogens (tertiary/aromatic N) is 3. The van der Waals surface area contributed by atoms with E-state index in [1.54, 1.807) is 0 Å². The van der Waals surface area contributed by atoms with Crippen molar-refractivity contribution < 1.29 is 4.52 Å². The van der Waals surface area contributed by atoms with Gasteiger partial charge in [-0.05, 0) is 62.2 Å². The molecule has 2 atom stereocenters. The summed E-state index contributed by atoms with van der Waals surface area (Å²) in [5, 5.41) is 8.04. The number of likely N-dealkylation sites (tertiary alicyclic amines) is 1. The van der Waals surface area contributed by atoms with Crippen LogP contribution in [0, 0.1) is 11.3 Å². The van der Waals surface area contributed by atoms with Gasteiger partial charge in [0.25, 0.3) is 0 Å². The van der Waals surface area contributed by atoms with Crippen molar-refractivity contribution >= 4 is 0 Å². The van der Waals surface area contributed by atoms with Crippen molar-refractivity contribution in [2.75, 3.05) is 13.1 Å². The Hall–Kier alpha value is -1.72. The molecule has 0 spiro atoms. The zero-order valence-corrected chi connectivity index (χ0v) is 16.7. The molecule has 0 aromatic carbocycles. The zero-order valence-electron chi connectivity index (χ0n) is 16.7. The highest BCUT2D eigenvalue weighted by molar-refractivity contribution is 5.12. The van der Waals surface area contributed by atoms with Crippen LogP contribution < -0.4 is 5.32 Å². The number of hydrogen-bond donors (Lipinski definition) is 1. The number of piperidine rings is 1. The van der Waals surface area contributed by atoms with Crippen molar-refractivity contribution in [3.63, 3.8) is 0 Å². The minimum absolute atomic E-state index is 0.265. The SMILES string of the molecule is CC1(C)[C@H](Cc2cc(CN3CCCCC3)on2)C[C@@H]1NCc1ccccn1. The van der Waals surface area contributed by atoms with Crippen LogP contribution in [0.2, 0.25) is 0 Å². The van der Waals surface area contributed by atoms with Crippen LogP contribution >= 0.6 is 0 Å². The summed E-state index contributed by atoms with van der Waals surface area (Å²) in [5.74, 6) is 1.67. The molecule has 4 rings (SSSR count). The summed E-state index contributed by atoms with van der Waals surface area (Å²) in [5.41, 5.74) is 2.49. The first-order valence-corrected chi connectivity index (χ1v) is 10.4. The van der Waals surface area contributed by atoms with Crippen molar-refractivity contribution in [3.05, 3.63) is 47.6 Å². The van der Waals surface area contributed by atoms with E-state index in [1.165, 1.54) is 38.8 Å². The lowest BCUT2D eigenvalue weighted by atomic mass is 9.57. The molecule has 1 aliphatic heterocycles. The lowest BCUT2D eigenvalue weighted by molar-refractivity contribution is 0.0123. The average Bonchev–Trinajstić information content (AvgIpc) is 3.13. The summed E-state index contributed by atoms with van der Waals surface area (Å²) in [7, 11) is 0. The summed E-state index contributed by atoms with van der Waals surface area (Å²) < 4.78 is 5.62. The maximum atomic E-state index is 5.62. The van der Waals surface area contributed by atoms with Crippen molar-refractivity contribution in [2.24, 2.45) is 11.3 Å². The molecule has 27 heavy (non-hydrogen) atoms. The van der Waals surface area contributed by atoms with Gasteiger partial charge in [0.15, 0.2) is 5.76 Å². The average molecular weight is 369 g/mol. The van der Waals surface area contributed by atoms with E-state index in [0.717, 1.165) is 36.7 Å². The van der Waals surface area contributed by atoms with Crippen LogP contribution in [0.1, 0.15) is 56.7 Å². The molecule has 2 fully saturated rings. The first-order chi connectivity index (χ1) is 13.1. The summed E-state index contributed by atoms with van der Waals surface area (Å²) in [6.07, 6.45) is 8.04. The van der Waals surface area contributed by atoms with Gasteiger partial charge in [0.1, 0.15) is 0 Å². The molecule has 0 bridgehead atoms. The highest BCUT2D eigenvalue weighted by Gasteiger charge is 2.47. The van der Waals surface area contributed by atoms with Crippen LogP contribution in [0.3, 0.4) is 0 Å². The molecule has 2 aromatic heterocycles. The maximum absolute atomic E-state index is 5.62. The minimum Gasteiger partial charge on any atom is -0.360 e. The van der Waals surface area contributed by atoms with E-state index >= 15 is 0 Å². The number of hydrogen-bond acceptors (Lipinski definition) is 5. The first kappa shape index (κ1) is 18.6. The van der Waals surface area contributed by atoms with Crippen molar-refractivity contribution in [2.45, 2.75) is 65.1 Å². The fourth-order valence-corrected chi connectivity index (χ4v) is 4.56. The van der Waals surface area contributed by atoms with Gasteiger partial charge in [0, 0.05) is 24.8 Å². The van der Waals surface area contributed by atoms with Gasteiger partial charge in [0.2, 0.25) is 0 Å². The molecular formula is C22H32N4O. The Morgan fingerprint density at radius 2 is 2.04 bits per heavy atom. The van der Waals surface area contributed by atoms with Crippen LogP contribution in [0.15, 0.2) is 35.0 Å². The maximum Gasteiger partial charge on any atom is 0.150 e. The Balaban J connectivity index is 1.26. The second kappa shape index (κ2) is 8.11. The highest BCUT2D eigenvalue weighted by atomic mass is 16.5. The van der Waals surface area contributed by atoms with E-state index in [2.05, 4.69) is 46.3 Å². The molecule has 5 nitrogen and oxygen atoms in total. The third kappa shape index (κ3) is 4.41. The predicted octanol–water partition coefficient (Wildman–Crippen LogP) is 3.80. The van der Waals surface area contributed by atoms with Crippen LogP contribution in [-0.4, -0.2) is 34.2 Å². The zero-order chi connectivity index (χ0) is 18.7. The Morgan fingerprint density at radius 3 is 2.78 bits per heavy atom. The van der Waals surface area contributed by atoms with E-state index in [9.17, 15) is 0 Å². The van der Waals surface area contributed by atoms with Crippen LogP contribution in [0.25, 0.3) is 0 Å². The lowest BCUT2D eigenvalue weighted by Gasteiger charge is -2.52. The van der Waals surface area contributed by atoms with Gasteiger partial charge < -0.3 is 9.84 Å². The summed E-state index contributed by atoms with van der Waals surface area (Å²) in [6.45, 7) is 8.86. The molecule has 1 saturated carbocycles.